The van der Waals surface area contributed by atoms with Crippen molar-refractivity contribution in [3.8, 4) is 0 Å². The quantitative estimate of drug-likeness (QED) is 0.552. The monoisotopic (exact) mass is 233 g/mol. The van der Waals surface area contributed by atoms with Crippen LogP contribution in [0, 0.1) is 5.41 Å². The Morgan fingerprint density at radius 2 is 2.31 bits per heavy atom. The van der Waals surface area contributed by atoms with Gasteiger partial charge >= 0.3 is 0 Å². The van der Waals surface area contributed by atoms with Gasteiger partial charge in [-0.1, -0.05) is 0 Å². The molecule has 16 heavy (non-hydrogen) atoms. The highest BCUT2D eigenvalue weighted by atomic mass is 32.1. The zero-order chi connectivity index (χ0) is 11.5. The number of pyridine rings is 1. The van der Waals surface area contributed by atoms with Crippen molar-refractivity contribution in [2.45, 2.75) is 5.16 Å². The van der Waals surface area contributed by atoms with Crippen molar-refractivity contribution in [2.24, 2.45) is 0 Å². The maximum Gasteiger partial charge on any atom is 0.192 e. The Balaban J connectivity index is 2.57. The standard InChI is InChI=1S/C10H11N5S/c1-12-5-8(4-11)7-2-3-9-13-14-10(16)15(9)6-7/h2-6,11-12H,1H3,(H,14,16)/b8-5+,11-4?. The average Bonchev–Trinajstić information content (AvgIpc) is 2.68. The molecule has 0 saturated heterocycles. The lowest BCUT2D eigenvalue weighted by Crippen LogP contribution is -1.98. The Morgan fingerprint density at radius 3 is 3.00 bits per heavy atom. The normalized spacial score (nSPS) is 11.8. The molecule has 82 valence electrons. The van der Waals surface area contributed by atoms with Crippen molar-refractivity contribution < 1.29 is 0 Å². The minimum Gasteiger partial charge on any atom is -0.393 e. The van der Waals surface area contributed by atoms with Crippen molar-refractivity contribution in [1.82, 2.24) is 19.9 Å². The van der Waals surface area contributed by atoms with Gasteiger partial charge in [-0.15, -0.1) is 22.8 Å². The Kier molecular flexibility index (Phi) is 2.91. The summed E-state index contributed by atoms with van der Waals surface area (Å²) in [5.74, 6) is 0. The Bertz CT molecular complexity index is 557. The molecule has 0 fully saturated rings. The molecule has 2 aromatic rings. The zero-order valence-electron chi connectivity index (χ0n) is 8.68. The molecule has 0 saturated carbocycles. The summed E-state index contributed by atoms with van der Waals surface area (Å²) in [4.78, 5) is 0. The first-order valence-electron chi connectivity index (χ1n) is 4.68. The summed E-state index contributed by atoms with van der Waals surface area (Å²) in [5, 5.41) is 18.6. The number of rotatable bonds is 3. The van der Waals surface area contributed by atoms with Crippen LogP contribution in [0.4, 0.5) is 0 Å². The molecule has 0 aromatic carbocycles. The summed E-state index contributed by atoms with van der Waals surface area (Å²) in [7, 11) is 1.80. The Hall–Kier alpha value is -1.82. The van der Waals surface area contributed by atoms with Crippen LogP contribution in [0.25, 0.3) is 11.2 Å². The van der Waals surface area contributed by atoms with E-state index < -0.39 is 0 Å². The molecule has 6 heteroatoms. The molecule has 0 amide bonds. The predicted octanol–water partition coefficient (Wildman–Crippen LogP) is 1.23. The molecule has 2 N–H and O–H groups in total. The molecular formula is C10H11N5S. The summed E-state index contributed by atoms with van der Waals surface area (Å²) in [6.07, 6.45) is 4.91. The first-order chi connectivity index (χ1) is 7.76. The minimum atomic E-state index is 0.533. The molecule has 0 aliphatic rings. The number of aromatic nitrogens is 3. The van der Waals surface area contributed by atoms with Gasteiger partial charge in [-0.3, -0.25) is 4.40 Å². The highest BCUT2D eigenvalue weighted by Gasteiger charge is 2.04. The number of hydrogen-bond acceptors (Lipinski definition) is 5. The average molecular weight is 233 g/mol. The molecule has 5 nitrogen and oxygen atoms in total. The van der Waals surface area contributed by atoms with Crippen LogP contribution < -0.4 is 5.32 Å². The van der Waals surface area contributed by atoms with Gasteiger partial charge in [-0.25, -0.2) is 0 Å². The third-order valence-electron chi connectivity index (χ3n) is 2.17. The summed E-state index contributed by atoms with van der Waals surface area (Å²) >= 11 is 4.20. The van der Waals surface area contributed by atoms with Crippen molar-refractivity contribution in [3.63, 3.8) is 0 Å². The van der Waals surface area contributed by atoms with Gasteiger partial charge in [0.1, 0.15) is 0 Å². The summed E-state index contributed by atoms with van der Waals surface area (Å²) in [5.41, 5.74) is 2.43. The molecule has 0 aliphatic carbocycles. The van der Waals surface area contributed by atoms with Crippen LogP contribution in [0.5, 0.6) is 0 Å². The third-order valence-corrected chi connectivity index (χ3v) is 2.48. The van der Waals surface area contributed by atoms with Gasteiger partial charge in [0, 0.05) is 36.8 Å². The van der Waals surface area contributed by atoms with Crippen LogP contribution in [-0.2, 0) is 0 Å². The molecule has 2 aromatic heterocycles. The van der Waals surface area contributed by atoms with Gasteiger partial charge < -0.3 is 10.7 Å². The molecule has 0 spiro atoms. The van der Waals surface area contributed by atoms with Crippen LogP contribution in [0.1, 0.15) is 5.56 Å². The van der Waals surface area contributed by atoms with Gasteiger partial charge in [0.15, 0.2) is 10.8 Å². The smallest absolute Gasteiger partial charge is 0.192 e. The van der Waals surface area contributed by atoms with E-state index in [0.717, 1.165) is 16.8 Å². The lowest BCUT2D eigenvalue weighted by atomic mass is 10.1. The highest BCUT2D eigenvalue weighted by molar-refractivity contribution is 7.80. The van der Waals surface area contributed by atoms with Crippen molar-refractivity contribution >= 4 is 30.1 Å². The maximum absolute atomic E-state index is 7.33. The zero-order valence-corrected chi connectivity index (χ0v) is 9.57. The van der Waals surface area contributed by atoms with Crippen LogP contribution >= 0.6 is 12.6 Å². The number of nitrogens with zero attached hydrogens (tertiary/aromatic N) is 3. The van der Waals surface area contributed by atoms with E-state index in [1.807, 2.05) is 18.3 Å². The second kappa shape index (κ2) is 4.36. The lowest BCUT2D eigenvalue weighted by molar-refractivity contribution is 0.927. The van der Waals surface area contributed by atoms with E-state index in [9.17, 15) is 0 Å². The van der Waals surface area contributed by atoms with Crippen LogP contribution in [0.3, 0.4) is 0 Å². The van der Waals surface area contributed by atoms with Gasteiger partial charge in [-0.05, 0) is 12.1 Å². The second-order valence-corrected chi connectivity index (χ2v) is 3.58. The van der Waals surface area contributed by atoms with Gasteiger partial charge in [0.2, 0.25) is 0 Å². The first-order valence-corrected chi connectivity index (χ1v) is 5.13. The summed E-state index contributed by atoms with van der Waals surface area (Å²) < 4.78 is 1.77. The van der Waals surface area contributed by atoms with Gasteiger partial charge in [0.05, 0.1) is 0 Å². The van der Waals surface area contributed by atoms with Gasteiger partial charge in [-0.2, -0.15) is 0 Å². The first kappa shape index (κ1) is 10.7. The molecule has 0 aliphatic heterocycles. The van der Waals surface area contributed by atoms with E-state index in [0.29, 0.717) is 5.16 Å². The molecule has 0 atom stereocenters. The fourth-order valence-electron chi connectivity index (χ4n) is 1.41. The molecule has 0 bridgehead atoms. The van der Waals surface area contributed by atoms with Gasteiger partial charge in [0.25, 0.3) is 0 Å². The van der Waals surface area contributed by atoms with E-state index in [1.165, 1.54) is 6.21 Å². The SMILES string of the molecule is CN/C=C(\C=N)c1ccc2nnc(S)n2c1. The van der Waals surface area contributed by atoms with E-state index in [4.69, 9.17) is 5.41 Å². The van der Waals surface area contributed by atoms with E-state index in [2.05, 4.69) is 28.1 Å². The summed E-state index contributed by atoms with van der Waals surface area (Å²) in [6, 6.07) is 3.74. The Morgan fingerprint density at radius 1 is 1.50 bits per heavy atom. The maximum atomic E-state index is 7.33. The number of thiol groups is 1. The van der Waals surface area contributed by atoms with E-state index >= 15 is 0 Å². The van der Waals surface area contributed by atoms with E-state index in [-0.39, 0.29) is 0 Å². The molecule has 0 unspecified atom stereocenters. The van der Waals surface area contributed by atoms with Crippen molar-refractivity contribution in [3.05, 3.63) is 30.1 Å². The number of hydrogen-bond donors (Lipinski definition) is 3. The largest absolute Gasteiger partial charge is 0.393 e. The Labute approximate surface area is 98.1 Å². The number of allylic oxidation sites excluding steroid dienone is 1. The van der Waals surface area contributed by atoms with E-state index in [1.54, 1.807) is 17.6 Å². The van der Waals surface area contributed by atoms with Crippen LogP contribution in [-0.4, -0.2) is 27.9 Å². The third kappa shape index (κ3) is 1.79. The number of nitrogens with one attached hydrogen (secondary N) is 2. The second-order valence-electron chi connectivity index (χ2n) is 3.18. The highest BCUT2D eigenvalue weighted by Crippen LogP contribution is 2.15. The topological polar surface area (TPSA) is 66.1 Å². The predicted molar refractivity (Wildman–Crippen MR) is 66.1 cm³/mol. The molecule has 0 radical (unpaired) electrons. The fourth-order valence-corrected chi connectivity index (χ4v) is 1.62. The van der Waals surface area contributed by atoms with Crippen molar-refractivity contribution in [1.29, 1.82) is 5.41 Å². The summed E-state index contributed by atoms with van der Waals surface area (Å²) in [6.45, 7) is 0. The molecule has 2 rings (SSSR count). The number of fused-ring (bicyclic) bond motifs is 1. The fraction of sp³-hybridized carbons (Fsp3) is 0.100. The van der Waals surface area contributed by atoms with Crippen LogP contribution in [0.2, 0.25) is 0 Å². The van der Waals surface area contributed by atoms with Crippen molar-refractivity contribution in [2.75, 3.05) is 7.05 Å². The lowest BCUT2D eigenvalue weighted by Gasteiger charge is -2.03. The minimum absolute atomic E-state index is 0.533. The van der Waals surface area contributed by atoms with Crippen LogP contribution in [0.15, 0.2) is 29.7 Å². The molecule has 2 heterocycles. The molecular weight excluding hydrogens is 222 g/mol.